The van der Waals surface area contributed by atoms with E-state index in [0.717, 1.165) is 30.3 Å². The van der Waals surface area contributed by atoms with Crippen molar-refractivity contribution in [3.63, 3.8) is 0 Å². The van der Waals surface area contributed by atoms with Gasteiger partial charge in [0.25, 0.3) is 0 Å². The van der Waals surface area contributed by atoms with E-state index in [1.54, 1.807) is 0 Å². The summed E-state index contributed by atoms with van der Waals surface area (Å²) < 4.78 is 0. The van der Waals surface area contributed by atoms with Gasteiger partial charge in [0.2, 0.25) is 0 Å². The zero-order valence-corrected chi connectivity index (χ0v) is 14.2. The quantitative estimate of drug-likeness (QED) is 0.753. The van der Waals surface area contributed by atoms with Gasteiger partial charge in [-0.25, -0.2) is 9.97 Å². The van der Waals surface area contributed by atoms with Crippen LogP contribution < -0.4 is 4.90 Å². The third kappa shape index (κ3) is 2.90. The van der Waals surface area contributed by atoms with Crippen molar-refractivity contribution in [2.75, 3.05) is 18.0 Å². The Morgan fingerprint density at radius 1 is 1.14 bits per heavy atom. The van der Waals surface area contributed by atoms with Crippen LogP contribution in [0.5, 0.6) is 0 Å². The van der Waals surface area contributed by atoms with E-state index in [1.807, 2.05) is 0 Å². The normalized spacial score (nSPS) is 21.6. The van der Waals surface area contributed by atoms with Crippen molar-refractivity contribution in [2.45, 2.75) is 65.2 Å². The molecule has 1 saturated carbocycles. The lowest BCUT2D eigenvalue weighted by atomic mass is 9.74. The molecule has 0 spiro atoms. The number of rotatable bonds is 4. The third-order valence-electron chi connectivity index (χ3n) is 5.64. The molecule has 0 amide bonds. The lowest BCUT2D eigenvalue weighted by Gasteiger charge is -2.42. The van der Waals surface area contributed by atoms with Gasteiger partial charge in [0.15, 0.2) is 0 Å². The van der Waals surface area contributed by atoms with Gasteiger partial charge in [-0.1, -0.05) is 38.3 Å². The first kappa shape index (κ1) is 15.1. The summed E-state index contributed by atoms with van der Waals surface area (Å²) in [5.74, 6) is 2.60. The number of halogens is 1. The van der Waals surface area contributed by atoms with Crippen LogP contribution in [0.15, 0.2) is 0 Å². The predicted octanol–water partition coefficient (Wildman–Crippen LogP) is 4.72. The monoisotopic (exact) mass is 307 g/mol. The van der Waals surface area contributed by atoms with Gasteiger partial charge in [-0.05, 0) is 38.0 Å². The molecule has 116 valence electrons. The van der Waals surface area contributed by atoms with Gasteiger partial charge < -0.3 is 4.90 Å². The SMILES string of the molecule is CCC1(CC)CCN(c2nc(C3CC3)nc(Cl)c2C)CC1. The summed E-state index contributed by atoms with van der Waals surface area (Å²) in [5, 5.41) is 0.643. The minimum absolute atomic E-state index is 0.542. The molecule has 0 unspecified atom stereocenters. The number of aromatic nitrogens is 2. The summed E-state index contributed by atoms with van der Waals surface area (Å²) in [7, 11) is 0. The molecule has 0 aromatic carbocycles. The highest BCUT2D eigenvalue weighted by atomic mass is 35.5. The number of hydrogen-bond acceptors (Lipinski definition) is 3. The largest absolute Gasteiger partial charge is 0.356 e. The Hall–Kier alpha value is -0.830. The number of nitrogens with zero attached hydrogens (tertiary/aromatic N) is 3. The Labute approximate surface area is 133 Å². The van der Waals surface area contributed by atoms with Crippen LogP contribution in [0.1, 0.15) is 69.7 Å². The van der Waals surface area contributed by atoms with E-state index in [-0.39, 0.29) is 0 Å². The first-order valence-corrected chi connectivity index (χ1v) is 8.75. The van der Waals surface area contributed by atoms with Gasteiger partial charge >= 0.3 is 0 Å². The van der Waals surface area contributed by atoms with Gasteiger partial charge in [0, 0.05) is 24.6 Å². The average Bonchev–Trinajstić information content (AvgIpc) is 3.35. The maximum atomic E-state index is 6.34. The number of hydrogen-bond donors (Lipinski definition) is 0. The summed E-state index contributed by atoms with van der Waals surface area (Å²) >= 11 is 6.34. The fourth-order valence-corrected chi connectivity index (χ4v) is 3.65. The lowest BCUT2D eigenvalue weighted by Crippen LogP contribution is -2.40. The van der Waals surface area contributed by atoms with Crippen molar-refractivity contribution in [3.05, 3.63) is 16.5 Å². The molecule has 1 aliphatic carbocycles. The minimum Gasteiger partial charge on any atom is -0.356 e. The molecule has 0 N–H and O–H groups in total. The molecule has 21 heavy (non-hydrogen) atoms. The van der Waals surface area contributed by atoms with Crippen molar-refractivity contribution >= 4 is 17.4 Å². The molecule has 3 nitrogen and oxygen atoms in total. The van der Waals surface area contributed by atoms with Gasteiger partial charge in [-0.2, -0.15) is 0 Å². The molecule has 1 aromatic heterocycles. The molecule has 0 radical (unpaired) electrons. The minimum atomic E-state index is 0.542. The highest BCUT2D eigenvalue weighted by Gasteiger charge is 2.33. The Balaban J connectivity index is 1.81. The molecule has 1 saturated heterocycles. The zero-order valence-electron chi connectivity index (χ0n) is 13.5. The highest BCUT2D eigenvalue weighted by Crippen LogP contribution is 2.42. The van der Waals surface area contributed by atoms with Crippen molar-refractivity contribution in [1.82, 2.24) is 9.97 Å². The Morgan fingerprint density at radius 2 is 1.76 bits per heavy atom. The van der Waals surface area contributed by atoms with E-state index in [1.165, 1.54) is 38.5 Å². The molecule has 2 aliphatic rings. The van der Waals surface area contributed by atoms with Crippen molar-refractivity contribution < 1.29 is 0 Å². The lowest BCUT2D eigenvalue weighted by molar-refractivity contribution is 0.199. The maximum Gasteiger partial charge on any atom is 0.137 e. The molecule has 2 fully saturated rings. The summed E-state index contributed by atoms with van der Waals surface area (Å²) in [6, 6.07) is 0. The molecular weight excluding hydrogens is 282 g/mol. The highest BCUT2D eigenvalue weighted by molar-refractivity contribution is 6.30. The van der Waals surface area contributed by atoms with Crippen LogP contribution in [0.3, 0.4) is 0 Å². The van der Waals surface area contributed by atoms with Crippen LogP contribution in [0, 0.1) is 12.3 Å². The fraction of sp³-hybridized carbons (Fsp3) is 0.765. The smallest absolute Gasteiger partial charge is 0.137 e. The third-order valence-corrected chi connectivity index (χ3v) is 6.01. The second kappa shape index (κ2) is 5.75. The Morgan fingerprint density at radius 3 is 2.29 bits per heavy atom. The Bertz CT molecular complexity index is 511. The summed E-state index contributed by atoms with van der Waals surface area (Å²) in [4.78, 5) is 11.8. The molecule has 0 bridgehead atoms. The predicted molar refractivity (Wildman–Crippen MR) is 88.2 cm³/mol. The fourth-order valence-electron chi connectivity index (χ4n) is 3.48. The first-order chi connectivity index (χ1) is 10.1. The number of piperidine rings is 1. The molecule has 2 heterocycles. The second-order valence-electron chi connectivity index (χ2n) is 6.79. The molecular formula is C17H26ClN3. The van der Waals surface area contributed by atoms with E-state index in [4.69, 9.17) is 16.6 Å². The van der Waals surface area contributed by atoms with Crippen molar-refractivity contribution in [1.29, 1.82) is 0 Å². The van der Waals surface area contributed by atoms with E-state index in [2.05, 4.69) is 30.7 Å². The molecule has 3 rings (SSSR count). The van der Waals surface area contributed by atoms with E-state index in [9.17, 15) is 0 Å². The molecule has 0 atom stereocenters. The van der Waals surface area contributed by atoms with Gasteiger partial charge in [-0.3, -0.25) is 0 Å². The number of anilines is 1. The standard InChI is InChI=1S/C17H26ClN3/c1-4-17(5-2)8-10-21(11-9-17)16-12(3)14(18)19-15(20-16)13-6-7-13/h13H,4-11H2,1-3H3. The van der Waals surface area contributed by atoms with Crippen LogP contribution in [-0.4, -0.2) is 23.1 Å². The zero-order chi connectivity index (χ0) is 15.0. The van der Waals surface area contributed by atoms with E-state index >= 15 is 0 Å². The summed E-state index contributed by atoms with van der Waals surface area (Å²) in [6.45, 7) is 8.91. The van der Waals surface area contributed by atoms with E-state index in [0.29, 0.717) is 16.5 Å². The van der Waals surface area contributed by atoms with Gasteiger partial charge in [0.1, 0.15) is 16.8 Å². The topological polar surface area (TPSA) is 29.0 Å². The van der Waals surface area contributed by atoms with E-state index < -0.39 is 0 Å². The maximum absolute atomic E-state index is 6.34. The van der Waals surface area contributed by atoms with Crippen LogP contribution in [0.2, 0.25) is 5.15 Å². The second-order valence-corrected chi connectivity index (χ2v) is 7.15. The van der Waals surface area contributed by atoms with Crippen LogP contribution in [0.4, 0.5) is 5.82 Å². The van der Waals surface area contributed by atoms with Crippen molar-refractivity contribution in [2.24, 2.45) is 5.41 Å². The molecule has 4 heteroatoms. The Kier molecular flexibility index (Phi) is 4.13. The molecule has 1 aliphatic heterocycles. The first-order valence-electron chi connectivity index (χ1n) is 8.37. The average molecular weight is 308 g/mol. The van der Waals surface area contributed by atoms with Crippen LogP contribution >= 0.6 is 11.6 Å². The van der Waals surface area contributed by atoms with Gasteiger partial charge in [-0.15, -0.1) is 0 Å². The van der Waals surface area contributed by atoms with Gasteiger partial charge in [0.05, 0.1) is 0 Å². The summed E-state index contributed by atoms with van der Waals surface area (Å²) in [5.41, 5.74) is 1.59. The van der Waals surface area contributed by atoms with Crippen LogP contribution in [0.25, 0.3) is 0 Å². The van der Waals surface area contributed by atoms with Crippen LogP contribution in [-0.2, 0) is 0 Å². The van der Waals surface area contributed by atoms with Crippen molar-refractivity contribution in [3.8, 4) is 0 Å². The summed E-state index contributed by atoms with van der Waals surface area (Å²) in [6.07, 6.45) is 7.53. The molecule has 1 aromatic rings.